The maximum Gasteiger partial charge on any atom is 0.255 e. The van der Waals surface area contributed by atoms with Gasteiger partial charge in [-0.1, -0.05) is 19.1 Å². The summed E-state index contributed by atoms with van der Waals surface area (Å²) in [5.74, 6) is 0.121. The minimum atomic E-state index is -0.493. The van der Waals surface area contributed by atoms with E-state index < -0.39 is 5.91 Å². The van der Waals surface area contributed by atoms with E-state index in [1.54, 1.807) is 12.1 Å². The van der Waals surface area contributed by atoms with E-state index >= 15 is 0 Å². The molecule has 1 aromatic rings. The highest BCUT2D eigenvalue weighted by atomic mass is 16.5. The van der Waals surface area contributed by atoms with Gasteiger partial charge in [-0.3, -0.25) is 4.79 Å². The largest absolute Gasteiger partial charge is 0.484 e. The molecule has 0 bridgehead atoms. The molecule has 0 aromatic heterocycles. The van der Waals surface area contributed by atoms with Crippen molar-refractivity contribution < 1.29 is 14.6 Å². The van der Waals surface area contributed by atoms with Crippen molar-refractivity contribution in [3.8, 4) is 5.75 Å². The molecule has 1 unspecified atom stereocenters. The van der Waals surface area contributed by atoms with Crippen LogP contribution in [0.3, 0.4) is 0 Å². The molecule has 1 rings (SSSR count). The lowest BCUT2D eigenvalue weighted by Gasteiger charge is -2.27. The number of ether oxygens (including phenoxy) is 1. The number of hydrogen-bond donors (Lipinski definition) is 3. The minimum absolute atomic E-state index is 0.101. The molecule has 0 aliphatic rings. The summed E-state index contributed by atoms with van der Waals surface area (Å²) >= 11 is 0. The lowest BCUT2D eigenvalue weighted by Crippen LogP contribution is -2.44. The number of nitrogens with two attached hydrogens (primary N) is 1. The van der Waals surface area contributed by atoms with Gasteiger partial charge in [-0.2, -0.15) is 0 Å². The van der Waals surface area contributed by atoms with E-state index in [4.69, 9.17) is 10.5 Å². The molecule has 5 heteroatoms. The highest BCUT2D eigenvalue weighted by Gasteiger charge is 2.19. The Hall–Kier alpha value is -1.59. The van der Waals surface area contributed by atoms with E-state index in [1.807, 2.05) is 26.0 Å². The highest BCUT2D eigenvalue weighted by molar-refractivity contribution is 5.75. The summed E-state index contributed by atoms with van der Waals surface area (Å²) in [6.07, 6.45) is 0.851. The number of nitrogens with one attached hydrogen (secondary N) is 1. The Morgan fingerprint density at radius 3 is 2.53 bits per heavy atom. The van der Waals surface area contributed by atoms with Crippen LogP contribution in [-0.4, -0.2) is 29.8 Å². The first-order valence-electron chi connectivity index (χ1n) is 6.35. The Bertz CT molecular complexity index is 400. The zero-order chi connectivity index (χ0) is 14.3. The van der Waals surface area contributed by atoms with Gasteiger partial charge >= 0.3 is 0 Å². The summed E-state index contributed by atoms with van der Waals surface area (Å²) in [4.78, 5) is 10.6. The van der Waals surface area contributed by atoms with Crippen LogP contribution in [0.25, 0.3) is 0 Å². The average Bonchev–Trinajstić information content (AvgIpc) is 2.43. The smallest absolute Gasteiger partial charge is 0.255 e. The van der Waals surface area contributed by atoms with Gasteiger partial charge in [0.15, 0.2) is 6.61 Å². The third-order valence-electron chi connectivity index (χ3n) is 3.15. The van der Waals surface area contributed by atoms with E-state index in [0.717, 1.165) is 12.0 Å². The summed E-state index contributed by atoms with van der Waals surface area (Å²) in [6.45, 7) is 4.67. The Morgan fingerprint density at radius 1 is 1.42 bits per heavy atom. The first-order valence-corrected chi connectivity index (χ1v) is 6.35. The van der Waals surface area contributed by atoms with Gasteiger partial charge < -0.3 is 20.9 Å². The molecule has 0 spiro atoms. The van der Waals surface area contributed by atoms with Gasteiger partial charge in [0.1, 0.15) is 5.75 Å². The fourth-order valence-electron chi connectivity index (χ4n) is 1.47. The number of hydrogen-bond acceptors (Lipinski definition) is 4. The van der Waals surface area contributed by atoms with Crippen LogP contribution in [-0.2, 0) is 11.3 Å². The van der Waals surface area contributed by atoms with Crippen LogP contribution in [0.5, 0.6) is 5.75 Å². The zero-order valence-electron chi connectivity index (χ0n) is 11.5. The quantitative estimate of drug-likeness (QED) is 0.650. The maximum atomic E-state index is 10.6. The van der Waals surface area contributed by atoms with Gasteiger partial charge in [0.05, 0.1) is 6.61 Å². The van der Waals surface area contributed by atoms with Gasteiger partial charge in [-0.05, 0) is 31.0 Å². The van der Waals surface area contributed by atoms with Crippen molar-refractivity contribution in [3.05, 3.63) is 29.8 Å². The third-order valence-corrected chi connectivity index (χ3v) is 3.15. The molecule has 19 heavy (non-hydrogen) atoms. The van der Waals surface area contributed by atoms with E-state index in [1.165, 1.54) is 0 Å². The standard InChI is InChI=1S/C14H22N2O3/c1-3-14(2,10-17)16-8-11-4-6-12(7-5-11)19-9-13(15)18/h4-7,16-17H,3,8-10H2,1-2H3,(H2,15,18). The van der Waals surface area contributed by atoms with Crippen LogP contribution in [0.2, 0.25) is 0 Å². The Kier molecular flexibility index (Phi) is 5.79. The van der Waals surface area contributed by atoms with Gasteiger partial charge in [0.2, 0.25) is 0 Å². The second-order valence-corrected chi connectivity index (χ2v) is 4.82. The summed E-state index contributed by atoms with van der Waals surface area (Å²) in [7, 11) is 0. The van der Waals surface area contributed by atoms with Crippen LogP contribution in [0.1, 0.15) is 25.8 Å². The SMILES string of the molecule is CCC(C)(CO)NCc1ccc(OCC(N)=O)cc1. The van der Waals surface area contributed by atoms with Crippen LogP contribution in [0.15, 0.2) is 24.3 Å². The third kappa shape index (κ3) is 5.28. The van der Waals surface area contributed by atoms with Crippen molar-refractivity contribution in [1.29, 1.82) is 0 Å². The summed E-state index contributed by atoms with van der Waals surface area (Å²) in [6, 6.07) is 7.41. The first kappa shape index (κ1) is 15.5. The van der Waals surface area contributed by atoms with Crippen molar-refractivity contribution in [3.63, 3.8) is 0 Å². The summed E-state index contributed by atoms with van der Waals surface area (Å²) in [5, 5.41) is 12.6. The molecule has 4 N–H and O–H groups in total. The van der Waals surface area contributed by atoms with Crippen LogP contribution in [0, 0.1) is 0 Å². The molecule has 1 aromatic carbocycles. The summed E-state index contributed by atoms with van der Waals surface area (Å²) in [5.41, 5.74) is 5.82. The molecule has 0 saturated heterocycles. The molecular weight excluding hydrogens is 244 g/mol. The number of aliphatic hydroxyl groups excluding tert-OH is 1. The number of carbonyl (C=O) groups is 1. The predicted octanol–water partition coefficient (Wildman–Crippen LogP) is 0.801. The van der Waals surface area contributed by atoms with Gasteiger partial charge in [-0.15, -0.1) is 0 Å². The summed E-state index contributed by atoms with van der Waals surface area (Å²) < 4.78 is 5.18. The maximum absolute atomic E-state index is 10.6. The van der Waals surface area contributed by atoms with E-state index in [2.05, 4.69) is 5.32 Å². The molecule has 0 fully saturated rings. The Balaban J connectivity index is 2.50. The fraction of sp³-hybridized carbons (Fsp3) is 0.500. The average molecular weight is 266 g/mol. The van der Waals surface area contributed by atoms with Crippen molar-refractivity contribution in [2.75, 3.05) is 13.2 Å². The second kappa shape index (κ2) is 7.11. The van der Waals surface area contributed by atoms with Crippen molar-refractivity contribution in [1.82, 2.24) is 5.32 Å². The van der Waals surface area contributed by atoms with E-state index in [0.29, 0.717) is 12.3 Å². The second-order valence-electron chi connectivity index (χ2n) is 4.82. The first-order chi connectivity index (χ1) is 8.99. The molecule has 5 nitrogen and oxygen atoms in total. The molecule has 0 aliphatic heterocycles. The molecule has 0 heterocycles. The molecule has 0 saturated carbocycles. The highest BCUT2D eigenvalue weighted by Crippen LogP contribution is 2.14. The predicted molar refractivity (Wildman–Crippen MR) is 73.8 cm³/mol. The molecule has 0 radical (unpaired) electrons. The van der Waals surface area contributed by atoms with Gasteiger partial charge in [0, 0.05) is 12.1 Å². The van der Waals surface area contributed by atoms with E-state index in [9.17, 15) is 9.90 Å². The molecule has 0 aliphatic carbocycles. The molecule has 1 atom stereocenters. The Labute approximate surface area is 113 Å². The number of benzene rings is 1. The monoisotopic (exact) mass is 266 g/mol. The fourth-order valence-corrected chi connectivity index (χ4v) is 1.47. The molecular formula is C14H22N2O3. The van der Waals surface area contributed by atoms with E-state index in [-0.39, 0.29) is 18.8 Å². The Morgan fingerprint density at radius 2 is 2.05 bits per heavy atom. The van der Waals surface area contributed by atoms with Crippen molar-refractivity contribution in [2.45, 2.75) is 32.4 Å². The number of primary amides is 1. The van der Waals surface area contributed by atoms with Crippen molar-refractivity contribution >= 4 is 5.91 Å². The van der Waals surface area contributed by atoms with Crippen molar-refractivity contribution in [2.24, 2.45) is 5.73 Å². The molecule has 1 amide bonds. The lowest BCUT2D eigenvalue weighted by molar-refractivity contribution is -0.119. The number of carbonyl (C=O) groups excluding carboxylic acids is 1. The van der Waals surface area contributed by atoms with Crippen LogP contribution < -0.4 is 15.8 Å². The number of aliphatic hydroxyl groups is 1. The zero-order valence-corrected chi connectivity index (χ0v) is 11.5. The topological polar surface area (TPSA) is 84.6 Å². The number of amides is 1. The van der Waals surface area contributed by atoms with Gasteiger partial charge in [-0.25, -0.2) is 0 Å². The molecule has 106 valence electrons. The van der Waals surface area contributed by atoms with Crippen LogP contribution in [0.4, 0.5) is 0 Å². The minimum Gasteiger partial charge on any atom is -0.484 e. The number of rotatable bonds is 8. The van der Waals surface area contributed by atoms with Crippen LogP contribution >= 0.6 is 0 Å². The normalized spacial score (nSPS) is 13.8. The van der Waals surface area contributed by atoms with Gasteiger partial charge in [0.25, 0.3) is 5.91 Å². The lowest BCUT2D eigenvalue weighted by atomic mass is 10.00.